The van der Waals surface area contributed by atoms with Crippen molar-refractivity contribution in [2.75, 3.05) is 38.3 Å². The number of carbonyl (C=O) groups is 4. The summed E-state index contributed by atoms with van der Waals surface area (Å²) in [5.74, 6) is -2.82. The molecule has 43 heavy (non-hydrogen) atoms. The summed E-state index contributed by atoms with van der Waals surface area (Å²) in [7, 11) is 1.55. The molecule has 11 nitrogen and oxygen atoms in total. The highest BCUT2D eigenvalue weighted by molar-refractivity contribution is 9.09. The molecule has 12 heteroatoms. The molecular weight excluding hydrogens is 622 g/mol. The largest absolute Gasteiger partial charge is 0.497 e. The Balaban J connectivity index is 1.62. The number of alkyl halides is 1. The minimum Gasteiger partial charge on any atom is -0.497 e. The molecule has 1 unspecified atom stereocenters. The molecule has 1 spiro atoms. The number of esters is 1. The molecule has 3 heterocycles. The average molecular weight is 663 g/mol. The van der Waals surface area contributed by atoms with E-state index in [1.807, 2.05) is 0 Å². The molecule has 2 N–H and O–H groups in total. The molecule has 7 atom stereocenters. The van der Waals surface area contributed by atoms with E-state index in [0.717, 1.165) is 0 Å². The van der Waals surface area contributed by atoms with Crippen LogP contribution in [0.5, 0.6) is 5.75 Å². The number of halogens is 1. The lowest BCUT2D eigenvalue weighted by atomic mass is 9.70. The molecular formula is C31H40BrN3O8. The first kappa shape index (κ1) is 32.7. The summed E-state index contributed by atoms with van der Waals surface area (Å²) in [6, 6.07) is 5.95. The number of methoxy groups -OCH3 is 1. The quantitative estimate of drug-likeness (QED) is 0.166. The van der Waals surface area contributed by atoms with Gasteiger partial charge in [-0.25, -0.2) is 0 Å². The van der Waals surface area contributed by atoms with Crippen molar-refractivity contribution in [1.29, 1.82) is 0 Å². The number of amides is 3. The van der Waals surface area contributed by atoms with E-state index in [-0.39, 0.29) is 61.6 Å². The number of ether oxygens (including phenoxy) is 3. The maximum absolute atomic E-state index is 14.5. The lowest BCUT2D eigenvalue weighted by Gasteiger charge is -2.37. The third-order valence-electron chi connectivity index (χ3n) is 8.29. The van der Waals surface area contributed by atoms with Gasteiger partial charge in [0.15, 0.2) is 0 Å². The summed E-state index contributed by atoms with van der Waals surface area (Å²) in [6.07, 6.45) is 3.33. The SMILES string of the molecule is C=CCCC(=O)NC[C@H](C)OC(=O)[C@H]1[C@@H]2O[C@@]3(CC2Br)[C@@H]1C(=O)N(CCCO)[C@@H]3C(=O)N(CC=C)c1ccc(OC)cc1. The number of anilines is 1. The molecule has 0 aliphatic carbocycles. The predicted molar refractivity (Wildman–Crippen MR) is 163 cm³/mol. The number of nitrogens with one attached hydrogen (secondary N) is 1. The van der Waals surface area contributed by atoms with Crippen molar-refractivity contribution in [3.05, 3.63) is 49.6 Å². The first-order valence-electron chi connectivity index (χ1n) is 14.5. The van der Waals surface area contributed by atoms with Crippen LogP contribution in [0.2, 0.25) is 0 Å². The average Bonchev–Trinajstić information content (AvgIpc) is 3.59. The van der Waals surface area contributed by atoms with Crippen LogP contribution in [0.15, 0.2) is 49.6 Å². The van der Waals surface area contributed by atoms with Gasteiger partial charge >= 0.3 is 5.97 Å². The van der Waals surface area contributed by atoms with Gasteiger partial charge in [0.25, 0.3) is 5.91 Å². The van der Waals surface area contributed by atoms with Gasteiger partial charge in [0.2, 0.25) is 11.8 Å². The molecule has 3 aliphatic heterocycles. The van der Waals surface area contributed by atoms with E-state index in [2.05, 4.69) is 34.4 Å². The van der Waals surface area contributed by atoms with Crippen LogP contribution in [0.4, 0.5) is 5.69 Å². The number of benzene rings is 1. The second-order valence-electron chi connectivity index (χ2n) is 11.1. The molecule has 3 saturated heterocycles. The number of likely N-dealkylation sites (tertiary alicyclic amines) is 1. The maximum Gasteiger partial charge on any atom is 0.312 e. The lowest BCUT2D eigenvalue weighted by molar-refractivity contribution is -0.159. The number of allylic oxidation sites excluding steroid dienone is 1. The number of hydrogen-bond acceptors (Lipinski definition) is 8. The second kappa shape index (κ2) is 14.0. The van der Waals surface area contributed by atoms with Crippen molar-refractivity contribution >= 4 is 45.3 Å². The molecule has 1 aromatic carbocycles. The first-order valence-corrected chi connectivity index (χ1v) is 15.4. The first-order chi connectivity index (χ1) is 20.6. The Bertz CT molecular complexity index is 1230. The summed E-state index contributed by atoms with van der Waals surface area (Å²) in [5.41, 5.74) is -0.692. The zero-order valence-corrected chi connectivity index (χ0v) is 26.2. The number of nitrogens with zero attached hydrogens (tertiary/aromatic N) is 2. The van der Waals surface area contributed by atoms with Gasteiger partial charge in [0.05, 0.1) is 31.6 Å². The molecule has 234 valence electrons. The molecule has 0 radical (unpaired) electrons. The van der Waals surface area contributed by atoms with E-state index in [0.29, 0.717) is 24.3 Å². The van der Waals surface area contributed by atoms with Gasteiger partial charge in [0, 0.05) is 36.6 Å². The Morgan fingerprint density at radius 3 is 2.63 bits per heavy atom. The number of aliphatic hydroxyl groups excluding tert-OH is 1. The number of rotatable bonds is 15. The summed E-state index contributed by atoms with van der Waals surface area (Å²) >= 11 is 3.65. The fourth-order valence-corrected chi connectivity index (χ4v) is 7.36. The Kier molecular flexibility index (Phi) is 10.7. The van der Waals surface area contributed by atoms with E-state index in [1.165, 1.54) is 9.80 Å². The molecule has 1 aromatic rings. The van der Waals surface area contributed by atoms with Crippen LogP contribution in [0.25, 0.3) is 0 Å². The van der Waals surface area contributed by atoms with Gasteiger partial charge in [0.1, 0.15) is 23.5 Å². The van der Waals surface area contributed by atoms with E-state index in [4.69, 9.17) is 14.2 Å². The van der Waals surface area contributed by atoms with Crippen LogP contribution >= 0.6 is 15.9 Å². The summed E-state index contributed by atoms with van der Waals surface area (Å²) in [6.45, 7) is 9.32. The van der Waals surface area contributed by atoms with Gasteiger partial charge < -0.3 is 34.4 Å². The number of fused-ring (bicyclic) bond motifs is 1. The van der Waals surface area contributed by atoms with E-state index < -0.39 is 41.7 Å². The Morgan fingerprint density at radius 2 is 2.00 bits per heavy atom. The van der Waals surface area contributed by atoms with Gasteiger partial charge in [-0.15, -0.1) is 13.2 Å². The summed E-state index contributed by atoms with van der Waals surface area (Å²) in [4.78, 5) is 56.9. The van der Waals surface area contributed by atoms with E-state index in [1.54, 1.807) is 50.5 Å². The third kappa shape index (κ3) is 6.37. The summed E-state index contributed by atoms with van der Waals surface area (Å²) < 4.78 is 17.5. The highest BCUT2D eigenvalue weighted by Gasteiger charge is 2.77. The number of carbonyl (C=O) groups excluding carboxylic acids is 4. The molecule has 3 aliphatic rings. The molecule has 2 bridgehead atoms. The van der Waals surface area contributed by atoms with Crippen LogP contribution in [0, 0.1) is 11.8 Å². The Morgan fingerprint density at radius 1 is 1.28 bits per heavy atom. The molecule has 0 saturated carbocycles. The smallest absolute Gasteiger partial charge is 0.312 e. The van der Waals surface area contributed by atoms with E-state index in [9.17, 15) is 24.3 Å². The maximum atomic E-state index is 14.5. The van der Waals surface area contributed by atoms with Crippen molar-refractivity contribution in [2.45, 2.75) is 61.3 Å². The van der Waals surface area contributed by atoms with Crippen molar-refractivity contribution in [2.24, 2.45) is 11.8 Å². The molecule has 3 amide bonds. The lowest BCUT2D eigenvalue weighted by Crippen LogP contribution is -2.57. The van der Waals surface area contributed by atoms with Crippen molar-refractivity contribution < 1.29 is 38.5 Å². The minimum absolute atomic E-state index is 0.115. The van der Waals surface area contributed by atoms with Crippen molar-refractivity contribution in [3.8, 4) is 5.75 Å². The zero-order chi connectivity index (χ0) is 31.3. The molecule has 0 aromatic heterocycles. The highest BCUT2D eigenvalue weighted by atomic mass is 79.9. The topological polar surface area (TPSA) is 135 Å². The Labute approximate surface area is 260 Å². The normalized spacial score (nSPS) is 27.8. The van der Waals surface area contributed by atoms with Gasteiger partial charge in [-0.05, 0) is 50.5 Å². The van der Waals surface area contributed by atoms with Crippen LogP contribution in [0.3, 0.4) is 0 Å². The number of aliphatic hydroxyl groups is 1. The summed E-state index contributed by atoms with van der Waals surface area (Å²) in [5, 5.41) is 12.3. The van der Waals surface area contributed by atoms with Gasteiger partial charge in [-0.1, -0.05) is 28.1 Å². The van der Waals surface area contributed by atoms with Crippen LogP contribution in [-0.4, -0.2) is 95.7 Å². The Hall–Kier alpha value is -3.22. The fraction of sp³-hybridized carbons (Fsp3) is 0.548. The van der Waals surface area contributed by atoms with Crippen molar-refractivity contribution in [1.82, 2.24) is 10.2 Å². The zero-order valence-electron chi connectivity index (χ0n) is 24.6. The molecule has 4 rings (SSSR count). The monoisotopic (exact) mass is 661 g/mol. The van der Waals surface area contributed by atoms with Crippen LogP contribution in [0.1, 0.15) is 32.6 Å². The fourth-order valence-electron chi connectivity index (χ4n) is 6.42. The van der Waals surface area contributed by atoms with Gasteiger partial charge in [-0.3, -0.25) is 19.2 Å². The number of hydrogen-bond donors (Lipinski definition) is 2. The minimum atomic E-state index is -1.28. The predicted octanol–water partition coefficient (Wildman–Crippen LogP) is 2.36. The van der Waals surface area contributed by atoms with Crippen LogP contribution in [-0.2, 0) is 28.7 Å². The third-order valence-corrected chi connectivity index (χ3v) is 9.14. The van der Waals surface area contributed by atoms with E-state index >= 15 is 0 Å². The van der Waals surface area contributed by atoms with Gasteiger partial charge in [-0.2, -0.15) is 0 Å². The van der Waals surface area contributed by atoms with Crippen molar-refractivity contribution in [3.63, 3.8) is 0 Å². The highest BCUT2D eigenvalue weighted by Crippen LogP contribution is 2.60. The standard InChI is InChI=1S/C31H40BrN3O8/c1-5-7-9-23(37)33-18-19(3)42-30(40)24-25-28(38)35(15-8-16-36)27(31(25)17-22(32)26(24)43-31)29(39)34(14-6-2)20-10-12-21(41-4)13-11-20/h5-6,10-13,19,22,24-27,36H,1-2,7-9,14-18H2,3-4H3,(H,33,37)/t19-,22?,24+,25-,26+,27+,31-/m0/s1. The van der Waals surface area contributed by atoms with Crippen LogP contribution < -0.4 is 15.0 Å². The molecule has 3 fully saturated rings. The second-order valence-corrected chi connectivity index (χ2v) is 12.3.